The molecule has 64 heavy (non-hydrogen) atoms. The molecule has 2 amide bonds. The third-order valence-corrected chi connectivity index (χ3v) is 11.1. The van der Waals surface area contributed by atoms with Gasteiger partial charge in [0.05, 0.1) is 55.8 Å². The van der Waals surface area contributed by atoms with Gasteiger partial charge in [0.25, 0.3) is 11.8 Å². The smallest absolute Gasteiger partial charge is 0.308 e. The lowest BCUT2D eigenvalue weighted by Crippen LogP contribution is -2.30. The number of halogens is 12. The molecule has 0 radical (unpaired) electrons. The summed E-state index contributed by atoms with van der Waals surface area (Å²) in [6, 6.07) is 28.7. The van der Waals surface area contributed by atoms with Crippen LogP contribution in [0.15, 0.2) is 146 Å². The highest BCUT2D eigenvalue weighted by Gasteiger charge is 2.43. The van der Waals surface area contributed by atoms with Crippen molar-refractivity contribution in [1.29, 1.82) is 0 Å². The van der Waals surface area contributed by atoms with Crippen molar-refractivity contribution in [3.05, 3.63) is 179 Å². The Labute approximate surface area is 353 Å². The number of para-hydroxylation sites is 1. The molecule has 1 aromatic heterocycles. The third-order valence-electron chi connectivity index (χ3n) is 11.1. The predicted molar refractivity (Wildman–Crippen MR) is 215 cm³/mol. The molecule has 0 unspecified atom stereocenters. The number of fused-ring (bicyclic) bond motifs is 4. The maximum absolute atomic E-state index is 14.8. The highest BCUT2D eigenvalue weighted by Crippen LogP contribution is 2.50. The number of carbonyl (C=O) groups excluding carboxylic acids is 2. The first kappa shape index (κ1) is 42.0. The number of anilines is 1. The average molecular weight is 889 g/mol. The number of imide groups is 1. The molecular formula is C48H24F12N2O2. The van der Waals surface area contributed by atoms with E-state index in [0.29, 0.717) is 35.4 Å². The maximum Gasteiger partial charge on any atom is 0.417 e. The normalized spacial score (nSPS) is 13.7. The Kier molecular flexibility index (Phi) is 9.58. The molecule has 8 aromatic rings. The van der Waals surface area contributed by atoms with Crippen molar-refractivity contribution in [2.75, 3.05) is 4.90 Å². The van der Waals surface area contributed by atoms with Crippen molar-refractivity contribution in [2.45, 2.75) is 24.7 Å². The zero-order valence-corrected chi connectivity index (χ0v) is 32.1. The third kappa shape index (κ3) is 6.84. The molecule has 4 nitrogen and oxygen atoms in total. The maximum atomic E-state index is 14.8. The summed E-state index contributed by atoms with van der Waals surface area (Å²) >= 11 is 0. The van der Waals surface area contributed by atoms with Gasteiger partial charge in [0.2, 0.25) is 0 Å². The highest BCUT2D eigenvalue weighted by atomic mass is 19.4. The Morgan fingerprint density at radius 2 is 0.797 bits per heavy atom. The van der Waals surface area contributed by atoms with E-state index >= 15 is 0 Å². The van der Waals surface area contributed by atoms with Gasteiger partial charge in [-0.2, -0.15) is 52.7 Å². The van der Waals surface area contributed by atoms with Gasteiger partial charge in [0.15, 0.2) is 0 Å². The summed E-state index contributed by atoms with van der Waals surface area (Å²) in [5.41, 5.74) is -8.40. The Hall–Kier alpha value is -7.36. The second-order valence-corrected chi connectivity index (χ2v) is 14.8. The lowest BCUT2D eigenvalue weighted by Gasteiger charge is -2.19. The quantitative estimate of drug-likeness (QED) is 0.128. The van der Waals surface area contributed by atoms with Gasteiger partial charge >= 0.3 is 24.7 Å². The molecule has 2 heterocycles. The van der Waals surface area contributed by atoms with Gasteiger partial charge in [0, 0.05) is 16.3 Å². The summed E-state index contributed by atoms with van der Waals surface area (Å²) in [7, 11) is 0. The Bertz CT molecular complexity index is 3080. The van der Waals surface area contributed by atoms with Gasteiger partial charge in [-0.3, -0.25) is 9.59 Å². The van der Waals surface area contributed by atoms with E-state index in [-0.39, 0.29) is 56.4 Å². The molecule has 0 bridgehead atoms. The number of hydrogen-bond acceptors (Lipinski definition) is 2. The minimum absolute atomic E-state index is 0.0585. The predicted octanol–water partition coefficient (Wildman–Crippen LogP) is 14.7. The van der Waals surface area contributed by atoms with E-state index < -0.39 is 81.0 Å². The van der Waals surface area contributed by atoms with E-state index in [2.05, 4.69) is 0 Å². The first-order valence-electron chi connectivity index (χ1n) is 19.0. The lowest BCUT2D eigenvalue weighted by atomic mass is 9.90. The average Bonchev–Trinajstić information content (AvgIpc) is 3.72. The Balaban J connectivity index is 1.38. The molecule has 0 saturated carbocycles. The van der Waals surface area contributed by atoms with Gasteiger partial charge in [0.1, 0.15) is 0 Å². The Morgan fingerprint density at radius 1 is 0.359 bits per heavy atom. The van der Waals surface area contributed by atoms with Crippen LogP contribution >= 0.6 is 0 Å². The molecule has 1 aliphatic heterocycles. The van der Waals surface area contributed by atoms with Crippen LogP contribution in [0.4, 0.5) is 58.4 Å². The summed E-state index contributed by atoms with van der Waals surface area (Å²) in [6.45, 7) is 0. The van der Waals surface area contributed by atoms with Crippen molar-refractivity contribution >= 4 is 39.3 Å². The molecule has 0 saturated heterocycles. The van der Waals surface area contributed by atoms with E-state index in [9.17, 15) is 62.3 Å². The first-order chi connectivity index (χ1) is 30.2. The van der Waals surface area contributed by atoms with Crippen LogP contribution < -0.4 is 4.90 Å². The van der Waals surface area contributed by atoms with E-state index in [0.717, 1.165) is 17.0 Å². The van der Waals surface area contributed by atoms with E-state index in [4.69, 9.17) is 0 Å². The van der Waals surface area contributed by atoms with Crippen molar-refractivity contribution < 1.29 is 62.3 Å². The van der Waals surface area contributed by atoms with Crippen molar-refractivity contribution in [3.63, 3.8) is 0 Å². The number of benzene rings is 7. The van der Waals surface area contributed by atoms with Gasteiger partial charge in [-0.25, -0.2) is 4.90 Å². The molecule has 0 N–H and O–H groups in total. The van der Waals surface area contributed by atoms with Crippen molar-refractivity contribution in [3.8, 4) is 39.1 Å². The number of nitrogens with zero attached hydrogens (tertiary/aromatic N) is 2. The van der Waals surface area contributed by atoms with Gasteiger partial charge in [-0.15, -0.1) is 0 Å². The number of carbonyl (C=O) groups is 2. The van der Waals surface area contributed by atoms with E-state index in [1.807, 2.05) is 0 Å². The summed E-state index contributed by atoms with van der Waals surface area (Å²) < 4.78 is 173. The van der Waals surface area contributed by atoms with Crippen molar-refractivity contribution in [2.24, 2.45) is 0 Å². The largest absolute Gasteiger partial charge is 0.417 e. The summed E-state index contributed by atoms with van der Waals surface area (Å²) in [6.07, 6.45) is -21.2. The molecule has 1 aliphatic rings. The SMILES string of the molecule is O=C1c2cccc(-n3c4cccc(-c5ccc(C(F)(F)F)cc5C(F)(F)F)c4c4c(-c5ccc(C(F)(F)F)cc5C(F)(F)F)cccc43)c2C(=O)N1c1ccccc1-c1ccccc1. The van der Waals surface area contributed by atoms with E-state index in [1.54, 1.807) is 54.6 Å². The lowest BCUT2D eigenvalue weighted by molar-refractivity contribution is -0.144. The van der Waals surface area contributed by atoms with Gasteiger partial charge in [-0.1, -0.05) is 91.0 Å². The van der Waals surface area contributed by atoms with Crippen molar-refractivity contribution in [1.82, 2.24) is 4.57 Å². The number of amides is 2. The topological polar surface area (TPSA) is 42.3 Å². The number of hydrogen-bond donors (Lipinski definition) is 0. The highest BCUT2D eigenvalue weighted by molar-refractivity contribution is 6.36. The number of aromatic nitrogens is 1. The molecule has 0 atom stereocenters. The van der Waals surface area contributed by atoms with Crippen LogP contribution in [0, 0.1) is 0 Å². The second kappa shape index (κ2) is 14.6. The van der Waals surface area contributed by atoms with Gasteiger partial charge in [-0.05, 0) is 82.4 Å². The van der Waals surface area contributed by atoms with Crippen LogP contribution in [0.2, 0.25) is 0 Å². The molecule has 7 aromatic carbocycles. The standard InChI is InChI=1S/C48H24F12N2O2/c49-45(50,51)26-19-21-29(34(23-26)47(55,56)57)31-12-6-16-37-40(31)41-32(30-22-20-27(46(52,53)54)24-35(30)48(58,59)60)13-7-17-38(41)61(37)39-18-8-14-33-42(39)44(64)62(43(33)63)36-15-5-4-11-28(36)25-9-2-1-3-10-25/h1-24H. The minimum atomic E-state index is -5.41. The fourth-order valence-electron chi connectivity index (χ4n) is 8.40. The van der Waals surface area contributed by atoms with E-state index in [1.165, 1.54) is 47.0 Å². The minimum Gasteiger partial charge on any atom is -0.308 e. The molecule has 0 spiro atoms. The van der Waals surface area contributed by atoms with Crippen LogP contribution in [0.3, 0.4) is 0 Å². The first-order valence-corrected chi connectivity index (χ1v) is 19.0. The molecule has 0 fully saturated rings. The fraction of sp³-hybridized carbons (Fsp3) is 0.0833. The molecular weight excluding hydrogens is 865 g/mol. The molecule has 0 aliphatic carbocycles. The zero-order valence-electron chi connectivity index (χ0n) is 32.1. The monoisotopic (exact) mass is 888 g/mol. The molecule has 9 rings (SSSR count). The zero-order chi connectivity index (χ0) is 45.7. The summed E-state index contributed by atoms with van der Waals surface area (Å²) in [4.78, 5) is 30.0. The van der Waals surface area contributed by atoms with Crippen LogP contribution in [0.5, 0.6) is 0 Å². The van der Waals surface area contributed by atoms with Gasteiger partial charge < -0.3 is 4.57 Å². The van der Waals surface area contributed by atoms with Crippen LogP contribution in [-0.2, 0) is 24.7 Å². The summed E-state index contributed by atoms with van der Waals surface area (Å²) in [5, 5.41) is -0.515. The van der Waals surface area contributed by atoms with Crippen LogP contribution in [0.25, 0.3) is 60.9 Å². The van der Waals surface area contributed by atoms with Crippen LogP contribution in [-0.4, -0.2) is 16.4 Å². The Morgan fingerprint density at radius 3 is 1.30 bits per heavy atom. The number of alkyl halides is 12. The molecule has 16 heteroatoms. The second-order valence-electron chi connectivity index (χ2n) is 14.8. The summed E-state index contributed by atoms with van der Waals surface area (Å²) in [5.74, 6) is -1.60. The molecule has 322 valence electrons. The fourth-order valence-corrected chi connectivity index (χ4v) is 8.40. The number of rotatable bonds is 5. The van der Waals surface area contributed by atoms with Crippen LogP contribution in [0.1, 0.15) is 43.0 Å².